The second kappa shape index (κ2) is 19.7. The third kappa shape index (κ3) is 15.8. The van der Waals surface area contributed by atoms with Crippen molar-refractivity contribution in [1.29, 1.82) is 0 Å². The van der Waals surface area contributed by atoms with Crippen molar-refractivity contribution in [3.63, 3.8) is 0 Å². The van der Waals surface area contributed by atoms with E-state index in [-0.39, 0.29) is 18.6 Å². The fourth-order valence-corrected chi connectivity index (χ4v) is 5.06. The highest BCUT2D eigenvalue weighted by atomic mass is 16.6. The van der Waals surface area contributed by atoms with Gasteiger partial charge in [-0.05, 0) is 93.0 Å². The smallest absolute Gasteiger partial charge is 0.407 e. The lowest BCUT2D eigenvalue weighted by atomic mass is 10.0. The number of unbranched alkanes of at least 4 members (excludes halogenated alkanes) is 7. The Bertz CT molecular complexity index is 1290. The summed E-state index contributed by atoms with van der Waals surface area (Å²) < 4.78 is 11.1. The summed E-state index contributed by atoms with van der Waals surface area (Å²) in [6.45, 7) is 7.23. The number of nitrogens with one attached hydrogen (secondary N) is 2. The number of amides is 2. The fraction of sp³-hybridized carbons (Fsp3) is 0.541. The van der Waals surface area contributed by atoms with Crippen molar-refractivity contribution >= 4 is 22.8 Å². The molecule has 1 unspecified atom stereocenters. The molecular weight excluding hydrogens is 566 g/mol. The zero-order valence-corrected chi connectivity index (χ0v) is 27.5. The van der Waals surface area contributed by atoms with Crippen LogP contribution >= 0.6 is 0 Å². The van der Waals surface area contributed by atoms with Gasteiger partial charge in [0.25, 0.3) is 0 Å². The topological polar surface area (TPSA) is 110 Å². The summed E-state index contributed by atoms with van der Waals surface area (Å²) in [6, 6.07) is 16.1. The van der Waals surface area contributed by atoms with Crippen LogP contribution < -0.4 is 15.4 Å². The first-order chi connectivity index (χ1) is 21.7. The van der Waals surface area contributed by atoms with Gasteiger partial charge in [0.1, 0.15) is 18.0 Å². The monoisotopic (exact) mass is 619 g/mol. The molecule has 0 radical (unpaired) electrons. The van der Waals surface area contributed by atoms with Gasteiger partial charge in [0.2, 0.25) is 5.91 Å². The highest BCUT2D eigenvalue weighted by Crippen LogP contribution is 2.23. The van der Waals surface area contributed by atoms with Crippen molar-refractivity contribution in [1.82, 2.24) is 15.6 Å². The quantitative estimate of drug-likeness (QED) is 0.115. The van der Waals surface area contributed by atoms with Crippen molar-refractivity contribution in [3.05, 3.63) is 72.1 Å². The van der Waals surface area contributed by atoms with E-state index in [2.05, 4.69) is 33.8 Å². The van der Waals surface area contributed by atoms with Crippen LogP contribution in [-0.4, -0.2) is 53.5 Å². The van der Waals surface area contributed by atoms with E-state index in [9.17, 15) is 14.7 Å². The molecule has 246 valence electrons. The van der Waals surface area contributed by atoms with Crippen LogP contribution in [0.4, 0.5) is 4.79 Å². The van der Waals surface area contributed by atoms with Gasteiger partial charge in [-0.2, -0.15) is 0 Å². The Balaban J connectivity index is 1.20. The van der Waals surface area contributed by atoms with Crippen LogP contribution in [0.5, 0.6) is 5.75 Å². The lowest BCUT2D eigenvalue weighted by Crippen LogP contribution is -2.32. The zero-order valence-electron chi connectivity index (χ0n) is 27.5. The number of aromatic nitrogens is 1. The Labute approximate surface area is 269 Å². The number of pyridine rings is 1. The molecule has 0 fully saturated rings. The van der Waals surface area contributed by atoms with Gasteiger partial charge in [-0.1, -0.05) is 68.9 Å². The van der Waals surface area contributed by atoms with Gasteiger partial charge in [-0.25, -0.2) is 4.79 Å². The van der Waals surface area contributed by atoms with E-state index in [1.165, 1.54) is 25.7 Å². The number of carbonyl (C=O) groups is 2. The Morgan fingerprint density at radius 2 is 1.49 bits per heavy atom. The van der Waals surface area contributed by atoms with Crippen molar-refractivity contribution < 1.29 is 24.2 Å². The normalized spacial score (nSPS) is 12.1. The number of benzene rings is 2. The van der Waals surface area contributed by atoms with Gasteiger partial charge < -0.3 is 25.2 Å². The molecule has 1 atom stereocenters. The third-order valence-corrected chi connectivity index (χ3v) is 7.54. The highest BCUT2D eigenvalue weighted by molar-refractivity contribution is 5.84. The average molecular weight is 620 g/mol. The molecule has 0 saturated carbocycles. The molecule has 0 saturated heterocycles. The summed E-state index contributed by atoms with van der Waals surface area (Å²) >= 11 is 0. The predicted octanol–water partition coefficient (Wildman–Crippen LogP) is 7.30. The summed E-state index contributed by atoms with van der Waals surface area (Å²) in [4.78, 5) is 28.1. The second-order valence-electron chi connectivity index (χ2n) is 12.8. The van der Waals surface area contributed by atoms with Crippen LogP contribution in [0.1, 0.15) is 96.1 Å². The van der Waals surface area contributed by atoms with Gasteiger partial charge >= 0.3 is 6.09 Å². The van der Waals surface area contributed by atoms with Crippen LogP contribution in [0.2, 0.25) is 0 Å². The van der Waals surface area contributed by atoms with Crippen LogP contribution in [0.3, 0.4) is 0 Å². The number of hydrogen-bond donors (Lipinski definition) is 3. The molecule has 3 N–H and O–H groups in total. The summed E-state index contributed by atoms with van der Waals surface area (Å²) in [5.41, 5.74) is 1.79. The van der Waals surface area contributed by atoms with E-state index < -0.39 is 11.7 Å². The number of carbonyl (C=O) groups excluding carboxylic acids is 2. The maximum Gasteiger partial charge on any atom is 0.407 e. The van der Waals surface area contributed by atoms with E-state index in [1.807, 2.05) is 57.3 Å². The Morgan fingerprint density at radius 1 is 0.822 bits per heavy atom. The van der Waals surface area contributed by atoms with Gasteiger partial charge in [0, 0.05) is 31.9 Å². The molecule has 3 aromatic rings. The van der Waals surface area contributed by atoms with Gasteiger partial charge in [-0.3, -0.25) is 9.78 Å². The molecule has 3 rings (SSSR count). The van der Waals surface area contributed by atoms with Gasteiger partial charge in [0.05, 0.1) is 6.10 Å². The fourth-order valence-electron chi connectivity index (χ4n) is 5.06. The Hall–Kier alpha value is -3.65. The second-order valence-corrected chi connectivity index (χ2v) is 12.8. The molecule has 8 nitrogen and oxygen atoms in total. The average Bonchev–Trinajstić information content (AvgIpc) is 3.01. The summed E-state index contributed by atoms with van der Waals surface area (Å²) in [5, 5.41) is 18.4. The molecule has 0 spiro atoms. The largest absolute Gasteiger partial charge is 0.491 e. The molecular formula is C37H53N3O5. The molecule has 2 amide bonds. The van der Waals surface area contributed by atoms with Gasteiger partial charge in [-0.15, -0.1) is 0 Å². The summed E-state index contributed by atoms with van der Waals surface area (Å²) in [7, 11) is 0. The van der Waals surface area contributed by atoms with E-state index >= 15 is 0 Å². The van der Waals surface area contributed by atoms with E-state index in [4.69, 9.17) is 9.47 Å². The third-order valence-electron chi connectivity index (χ3n) is 7.54. The molecule has 2 aromatic carbocycles. The van der Waals surface area contributed by atoms with Crippen molar-refractivity contribution in [2.45, 2.75) is 110 Å². The molecule has 1 heterocycles. The maximum absolute atomic E-state index is 12.4. The maximum atomic E-state index is 12.4. The molecule has 0 aliphatic heterocycles. The van der Waals surface area contributed by atoms with Crippen LogP contribution in [0, 0.1) is 0 Å². The van der Waals surface area contributed by atoms with E-state index in [1.54, 1.807) is 6.20 Å². The molecule has 1 aromatic heterocycles. The SMILES string of the molecule is CC(C)(C)OC(=O)NCCCCCCCCCCNC(=O)CCc1ccc2cc(OCC(O)CCc3cccnc3)ccc2c1. The first-order valence-corrected chi connectivity index (χ1v) is 16.6. The number of nitrogens with zero attached hydrogens (tertiary/aromatic N) is 1. The number of hydrogen-bond acceptors (Lipinski definition) is 6. The van der Waals surface area contributed by atoms with Crippen LogP contribution in [0.15, 0.2) is 60.9 Å². The summed E-state index contributed by atoms with van der Waals surface area (Å²) in [6.07, 6.45) is 14.2. The minimum atomic E-state index is -0.543. The number of alkyl carbamates (subject to hydrolysis) is 1. The van der Waals surface area contributed by atoms with Crippen molar-refractivity contribution in [2.24, 2.45) is 0 Å². The van der Waals surface area contributed by atoms with Crippen LogP contribution in [-0.2, 0) is 22.4 Å². The standard InChI is InChI=1S/C37H53N3O5/c1-37(2,3)45-36(43)40-24-11-9-7-5-4-6-8-10-23-39-35(42)21-16-29-14-17-32-26-34(20-18-31(32)25-29)44-28-33(41)19-15-30-13-12-22-38-27-30/h12-14,17-18,20,22,25-27,33,41H,4-11,15-16,19,21,23-24,28H2,1-3H3,(H,39,42)(H,40,43). The number of aliphatic hydroxyl groups is 1. The lowest BCUT2D eigenvalue weighted by molar-refractivity contribution is -0.121. The van der Waals surface area contributed by atoms with Crippen molar-refractivity contribution in [2.75, 3.05) is 19.7 Å². The molecule has 45 heavy (non-hydrogen) atoms. The first kappa shape index (κ1) is 35.8. The minimum absolute atomic E-state index is 0.0981. The zero-order chi connectivity index (χ0) is 32.3. The van der Waals surface area contributed by atoms with Crippen LogP contribution in [0.25, 0.3) is 10.8 Å². The molecule has 8 heteroatoms. The molecule has 0 bridgehead atoms. The van der Waals surface area contributed by atoms with E-state index in [0.717, 1.165) is 66.3 Å². The number of ether oxygens (including phenoxy) is 2. The van der Waals surface area contributed by atoms with Crippen molar-refractivity contribution in [3.8, 4) is 5.75 Å². The molecule has 0 aliphatic rings. The lowest BCUT2D eigenvalue weighted by Gasteiger charge is -2.19. The van der Waals surface area contributed by atoms with E-state index in [0.29, 0.717) is 25.8 Å². The number of rotatable bonds is 20. The number of aryl methyl sites for hydroxylation is 2. The molecule has 0 aliphatic carbocycles. The van der Waals surface area contributed by atoms with Gasteiger partial charge in [0.15, 0.2) is 0 Å². The number of fused-ring (bicyclic) bond motifs is 1. The number of aliphatic hydroxyl groups excluding tert-OH is 1. The predicted molar refractivity (Wildman–Crippen MR) is 181 cm³/mol. The first-order valence-electron chi connectivity index (χ1n) is 16.6. The highest BCUT2D eigenvalue weighted by Gasteiger charge is 2.15. The Kier molecular flexibility index (Phi) is 15.7. The Morgan fingerprint density at radius 3 is 2.18 bits per heavy atom. The summed E-state index contributed by atoms with van der Waals surface area (Å²) in [5.74, 6) is 0.834. The minimum Gasteiger partial charge on any atom is -0.491 e.